The first-order valence-corrected chi connectivity index (χ1v) is 7.27. The first kappa shape index (κ1) is 15.1. The molecule has 1 unspecified atom stereocenters. The largest absolute Gasteiger partial charge is 0.313 e. The maximum atomic E-state index is 14.1. The molecule has 2 aromatic carbocycles. The number of halogens is 3. The van der Waals surface area contributed by atoms with Crippen LogP contribution in [0.5, 0.6) is 0 Å². The van der Waals surface area contributed by atoms with Crippen LogP contribution in [0.1, 0.15) is 23.6 Å². The Morgan fingerprint density at radius 2 is 1.80 bits per heavy atom. The van der Waals surface area contributed by atoms with Crippen LogP contribution in [0.2, 0.25) is 0 Å². The summed E-state index contributed by atoms with van der Waals surface area (Å²) in [6, 6.07) is 12.2. The van der Waals surface area contributed by atoms with E-state index in [2.05, 4.69) is 21.2 Å². The van der Waals surface area contributed by atoms with Crippen molar-refractivity contribution in [2.75, 3.05) is 7.05 Å². The highest BCUT2D eigenvalue weighted by Crippen LogP contribution is 2.29. The van der Waals surface area contributed by atoms with Crippen molar-refractivity contribution in [2.45, 2.75) is 18.9 Å². The third kappa shape index (κ3) is 3.44. The minimum Gasteiger partial charge on any atom is -0.313 e. The normalized spacial score (nSPS) is 12.4. The molecule has 0 spiro atoms. The average Bonchev–Trinajstić information content (AvgIpc) is 2.47. The zero-order chi connectivity index (χ0) is 14.5. The average molecular weight is 340 g/mol. The van der Waals surface area contributed by atoms with Gasteiger partial charge in [-0.1, -0.05) is 30.3 Å². The number of aryl methyl sites for hydroxylation is 1. The summed E-state index contributed by atoms with van der Waals surface area (Å²) in [5.41, 5.74) is 1.25. The minimum absolute atomic E-state index is 0.0952. The Balaban J connectivity index is 2.19. The molecule has 0 saturated heterocycles. The van der Waals surface area contributed by atoms with E-state index in [1.807, 2.05) is 30.3 Å². The van der Waals surface area contributed by atoms with E-state index in [4.69, 9.17) is 0 Å². The highest BCUT2D eigenvalue weighted by Gasteiger charge is 2.20. The van der Waals surface area contributed by atoms with Gasteiger partial charge in [0.1, 0.15) is 11.6 Å². The molecule has 0 aromatic heterocycles. The second-order valence-electron chi connectivity index (χ2n) is 4.62. The predicted octanol–water partition coefficient (Wildman–Crippen LogP) is 4.62. The Kier molecular flexibility index (Phi) is 5.26. The fraction of sp³-hybridized carbons (Fsp3) is 0.250. The molecule has 0 saturated carbocycles. The van der Waals surface area contributed by atoms with Crippen molar-refractivity contribution < 1.29 is 8.78 Å². The van der Waals surface area contributed by atoms with Gasteiger partial charge in [-0.3, -0.25) is 0 Å². The summed E-state index contributed by atoms with van der Waals surface area (Å²) in [6.07, 6.45) is 1.39. The number of nitrogens with one attached hydrogen (secondary N) is 1. The van der Waals surface area contributed by atoms with Crippen molar-refractivity contribution in [3.05, 3.63) is 69.7 Å². The summed E-state index contributed by atoms with van der Waals surface area (Å²) in [5, 5.41) is 3.00. The second kappa shape index (κ2) is 6.95. The van der Waals surface area contributed by atoms with Gasteiger partial charge >= 0.3 is 0 Å². The molecule has 0 aliphatic heterocycles. The molecular formula is C16H16BrF2N. The lowest BCUT2D eigenvalue weighted by atomic mass is 9.98. The van der Waals surface area contributed by atoms with Crippen LogP contribution < -0.4 is 5.32 Å². The van der Waals surface area contributed by atoms with E-state index in [1.165, 1.54) is 12.1 Å². The molecule has 0 aliphatic rings. The Hall–Kier alpha value is -1.26. The smallest absolute Gasteiger partial charge is 0.145 e. The van der Waals surface area contributed by atoms with Crippen LogP contribution in [0, 0.1) is 11.6 Å². The molecule has 106 valence electrons. The van der Waals surface area contributed by atoms with E-state index >= 15 is 0 Å². The van der Waals surface area contributed by atoms with Crippen LogP contribution in [0.4, 0.5) is 8.78 Å². The van der Waals surface area contributed by atoms with Gasteiger partial charge in [-0.05, 0) is 53.5 Å². The first-order valence-electron chi connectivity index (χ1n) is 6.48. The monoisotopic (exact) mass is 339 g/mol. The van der Waals surface area contributed by atoms with Gasteiger partial charge in [0.2, 0.25) is 0 Å². The Bertz CT molecular complexity index is 572. The van der Waals surface area contributed by atoms with Crippen LogP contribution in [-0.2, 0) is 6.42 Å². The van der Waals surface area contributed by atoms with Crippen LogP contribution >= 0.6 is 15.9 Å². The highest BCUT2D eigenvalue weighted by molar-refractivity contribution is 9.10. The van der Waals surface area contributed by atoms with Crippen molar-refractivity contribution in [2.24, 2.45) is 0 Å². The van der Waals surface area contributed by atoms with Crippen molar-refractivity contribution in [3.8, 4) is 0 Å². The highest BCUT2D eigenvalue weighted by atomic mass is 79.9. The maximum absolute atomic E-state index is 14.1. The fourth-order valence-electron chi connectivity index (χ4n) is 2.25. The van der Waals surface area contributed by atoms with Gasteiger partial charge in [0.05, 0.1) is 4.47 Å². The van der Waals surface area contributed by atoms with E-state index in [0.29, 0.717) is 6.42 Å². The topological polar surface area (TPSA) is 12.0 Å². The molecule has 20 heavy (non-hydrogen) atoms. The molecule has 1 atom stereocenters. The van der Waals surface area contributed by atoms with Gasteiger partial charge < -0.3 is 5.32 Å². The van der Waals surface area contributed by atoms with Crippen LogP contribution in [0.25, 0.3) is 0 Å². The van der Waals surface area contributed by atoms with Crippen molar-refractivity contribution in [1.82, 2.24) is 5.32 Å². The zero-order valence-corrected chi connectivity index (χ0v) is 12.8. The fourth-order valence-corrected chi connectivity index (χ4v) is 2.60. The van der Waals surface area contributed by atoms with Gasteiger partial charge in [0, 0.05) is 11.6 Å². The standard InChI is InChI=1S/C16H16BrF2N/c1-20-14(10-7-11-5-3-2-4-6-11)15-13(18)9-8-12(17)16(15)19/h2-6,8-9,14,20H,7,10H2,1H3. The third-order valence-electron chi connectivity index (χ3n) is 3.34. The molecule has 1 N–H and O–H groups in total. The van der Waals surface area contributed by atoms with E-state index in [0.717, 1.165) is 12.0 Å². The maximum Gasteiger partial charge on any atom is 0.145 e. The number of hydrogen-bond donors (Lipinski definition) is 1. The molecule has 0 aliphatic carbocycles. The SMILES string of the molecule is CNC(CCc1ccccc1)c1c(F)ccc(Br)c1F. The van der Waals surface area contributed by atoms with Gasteiger partial charge in [0.25, 0.3) is 0 Å². The summed E-state index contributed by atoms with van der Waals surface area (Å²) in [6.45, 7) is 0. The van der Waals surface area contributed by atoms with Crippen LogP contribution in [0.3, 0.4) is 0 Å². The molecule has 2 aromatic rings. The van der Waals surface area contributed by atoms with E-state index in [1.54, 1.807) is 7.05 Å². The summed E-state index contributed by atoms with van der Waals surface area (Å²) in [7, 11) is 1.72. The van der Waals surface area contributed by atoms with E-state index < -0.39 is 11.6 Å². The van der Waals surface area contributed by atoms with Gasteiger partial charge in [-0.15, -0.1) is 0 Å². The quantitative estimate of drug-likeness (QED) is 0.783. The van der Waals surface area contributed by atoms with Gasteiger partial charge in [0.15, 0.2) is 0 Å². The van der Waals surface area contributed by atoms with Crippen molar-refractivity contribution >= 4 is 15.9 Å². The van der Waals surface area contributed by atoms with E-state index in [9.17, 15) is 8.78 Å². The summed E-state index contributed by atoms with van der Waals surface area (Å²) < 4.78 is 28.3. The van der Waals surface area contributed by atoms with Crippen molar-refractivity contribution in [1.29, 1.82) is 0 Å². The van der Waals surface area contributed by atoms with Crippen LogP contribution in [0.15, 0.2) is 46.9 Å². The first-order chi connectivity index (χ1) is 9.63. The summed E-state index contributed by atoms with van der Waals surface area (Å²) in [4.78, 5) is 0. The summed E-state index contributed by atoms with van der Waals surface area (Å²) in [5.74, 6) is -1.05. The third-order valence-corrected chi connectivity index (χ3v) is 3.95. The van der Waals surface area contributed by atoms with Crippen molar-refractivity contribution in [3.63, 3.8) is 0 Å². The molecule has 0 bridgehead atoms. The zero-order valence-electron chi connectivity index (χ0n) is 11.2. The second-order valence-corrected chi connectivity index (χ2v) is 5.48. The van der Waals surface area contributed by atoms with E-state index in [-0.39, 0.29) is 16.1 Å². The molecule has 2 rings (SSSR count). The Labute approximate surface area is 126 Å². The molecule has 0 heterocycles. The molecule has 0 amide bonds. The Morgan fingerprint density at radius 1 is 1.10 bits per heavy atom. The van der Waals surface area contributed by atoms with Crippen LogP contribution in [-0.4, -0.2) is 7.05 Å². The van der Waals surface area contributed by atoms with Gasteiger partial charge in [-0.2, -0.15) is 0 Å². The molecule has 0 fully saturated rings. The lowest BCUT2D eigenvalue weighted by Gasteiger charge is -2.18. The molecule has 1 nitrogen and oxygen atoms in total. The molecular weight excluding hydrogens is 324 g/mol. The Morgan fingerprint density at radius 3 is 2.45 bits per heavy atom. The number of hydrogen-bond acceptors (Lipinski definition) is 1. The number of rotatable bonds is 5. The lowest BCUT2D eigenvalue weighted by Crippen LogP contribution is -2.20. The predicted molar refractivity (Wildman–Crippen MR) is 80.6 cm³/mol. The molecule has 4 heteroatoms. The summed E-state index contributed by atoms with van der Waals surface area (Å²) >= 11 is 3.10. The number of benzene rings is 2. The molecule has 0 radical (unpaired) electrons. The minimum atomic E-state index is -0.530. The lowest BCUT2D eigenvalue weighted by molar-refractivity contribution is 0.469. The van der Waals surface area contributed by atoms with Gasteiger partial charge in [-0.25, -0.2) is 8.78 Å².